The van der Waals surface area contributed by atoms with Crippen LogP contribution >= 0.6 is 43.2 Å². The number of rotatable bonds is 4. The fourth-order valence-corrected chi connectivity index (χ4v) is 3.15. The molecule has 96 valence electrons. The van der Waals surface area contributed by atoms with E-state index in [1.165, 1.54) is 0 Å². The molecule has 0 aliphatic carbocycles. The van der Waals surface area contributed by atoms with Gasteiger partial charge < -0.3 is 4.74 Å². The Morgan fingerprint density at radius 2 is 2.17 bits per heavy atom. The van der Waals surface area contributed by atoms with Crippen molar-refractivity contribution >= 4 is 43.2 Å². The number of nitrogens with zero attached hydrogens (tertiary/aromatic N) is 2. The summed E-state index contributed by atoms with van der Waals surface area (Å²) in [6.45, 7) is 2.11. The molecular formula is C12H12Br2N2OS. The number of benzene rings is 1. The van der Waals surface area contributed by atoms with E-state index in [2.05, 4.69) is 49.0 Å². The second kappa shape index (κ2) is 6.12. The number of ether oxygens (including phenoxy) is 1. The summed E-state index contributed by atoms with van der Waals surface area (Å²) in [6.07, 6.45) is 0.990. The van der Waals surface area contributed by atoms with Crippen LogP contribution in [0.2, 0.25) is 0 Å². The Morgan fingerprint density at radius 3 is 2.83 bits per heavy atom. The van der Waals surface area contributed by atoms with Crippen molar-refractivity contribution in [3.8, 4) is 16.3 Å². The van der Waals surface area contributed by atoms with Crippen LogP contribution in [0.3, 0.4) is 0 Å². The van der Waals surface area contributed by atoms with Crippen molar-refractivity contribution < 1.29 is 4.74 Å². The zero-order valence-electron chi connectivity index (χ0n) is 9.98. The molecule has 1 heterocycles. The third-order valence-corrected chi connectivity index (χ3v) is 5.41. The van der Waals surface area contributed by atoms with Crippen molar-refractivity contribution in [2.24, 2.45) is 0 Å². The van der Waals surface area contributed by atoms with Gasteiger partial charge in [-0.15, -0.1) is 10.2 Å². The van der Waals surface area contributed by atoms with Crippen molar-refractivity contribution in [2.45, 2.75) is 18.2 Å². The monoisotopic (exact) mass is 390 g/mol. The average Bonchev–Trinajstić information content (AvgIpc) is 2.87. The molecule has 1 aromatic carbocycles. The van der Waals surface area contributed by atoms with Crippen LogP contribution in [-0.4, -0.2) is 17.3 Å². The molecule has 0 saturated heterocycles. The molecule has 1 aromatic heterocycles. The van der Waals surface area contributed by atoms with Gasteiger partial charge in [-0.2, -0.15) is 0 Å². The van der Waals surface area contributed by atoms with Crippen molar-refractivity contribution in [3.05, 3.63) is 27.7 Å². The maximum absolute atomic E-state index is 5.36. The molecular weight excluding hydrogens is 380 g/mol. The molecule has 0 amide bonds. The van der Waals surface area contributed by atoms with E-state index in [4.69, 9.17) is 4.74 Å². The first-order valence-electron chi connectivity index (χ1n) is 5.47. The summed E-state index contributed by atoms with van der Waals surface area (Å²) >= 11 is 8.64. The molecule has 0 aliphatic rings. The third-order valence-electron chi connectivity index (χ3n) is 2.46. The van der Waals surface area contributed by atoms with Crippen molar-refractivity contribution in [1.82, 2.24) is 10.2 Å². The highest BCUT2D eigenvalue weighted by molar-refractivity contribution is 9.10. The second-order valence-electron chi connectivity index (χ2n) is 3.67. The van der Waals surface area contributed by atoms with Gasteiger partial charge in [0.15, 0.2) is 5.01 Å². The number of aromatic nitrogens is 2. The van der Waals surface area contributed by atoms with Crippen LogP contribution in [-0.2, 0) is 0 Å². The second-order valence-corrected chi connectivity index (χ2v) is 6.70. The molecule has 1 unspecified atom stereocenters. The molecule has 0 bridgehead atoms. The lowest BCUT2D eigenvalue weighted by molar-refractivity contribution is 0.416. The smallest absolute Gasteiger partial charge is 0.151 e. The number of hydrogen-bond acceptors (Lipinski definition) is 4. The molecule has 0 aliphatic heterocycles. The quantitative estimate of drug-likeness (QED) is 0.700. The minimum Gasteiger partial charge on any atom is -0.496 e. The molecule has 0 N–H and O–H groups in total. The van der Waals surface area contributed by atoms with Crippen molar-refractivity contribution in [2.75, 3.05) is 7.11 Å². The number of halogens is 2. The van der Waals surface area contributed by atoms with E-state index < -0.39 is 0 Å². The van der Waals surface area contributed by atoms with Gasteiger partial charge in [0.2, 0.25) is 0 Å². The highest BCUT2D eigenvalue weighted by atomic mass is 79.9. The first kappa shape index (κ1) is 14.0. The molecule has 0 fully saturated rings. The molecule has 0 spiro atoms. The first-order chi connectivity index (χ1) is 8.65. The molecule has 0 saturated carbocycles. The summed E-state index contributed by atoms with van der Waals surface area (Å²) in [4.78, 5) is 0.266. The minimum atomic E-state index is 0.266. The van der Waals surface area contributed by atoms with Crippen molar-refractivity contribution in [1.29, 1.82) is 0 Å². The topological polar surface area (TPSA) is 35.0 Å². The lowest BCUT2D eigenvalue weighted by Gasteiger charge is -2.05. The lowest BCUT2D eigenvalue weighted by Crippen LogP contribution is -1.87. The van der Waals surface area contributed by atoms with E-state index in [0.29, 0.717) is 0 Å². The molecule has 1 atom stereocenters. The van der Waals surface area contributed by atoms with Gasteiger partial charge in [0, 0.05) is 4.47 Å². The average molecular weight is 392 g/mol. The Morgan fingerprint density at radius 1 is 1.39 bits per heavy atom. The molecule has 2 rings (SSSR count). The molecule has 0 radical (unpaired) electrons. The van der Waals surface area contributed by atoms with E-state index in [0.717, 1.165) is 32.2 Å². The predicted octanol–water partition coefficient (Wildman–Crippen LogP) is 4.82. The predicted molar refractivity (Wildman–Crippen MR) is 81.6 cm³/mol. The summed E-state index contributed by atoms with van der Waals surface area (Å²) in [5, 5.41) is 10.3. The van der Waals surface area contributed by atoms with E-state index in [-0.39, 0.29) is 4.83 Å². The van der Waals surface area contributed by atoms with Crippen LogP contribution in [0.25, 0.3) is 10.6 Å². The SMILES string of the molecule is CCC(Br)c1nnc(-c2cc(Br)ccc2OC)s1. The van der Waals surface area contributed by atoms with Gasteiger partial charge in [0.25, 0.3) is 0 Å². The third kappa shape index (κ3) is 2.92. The maximum Gasteiger partial charge on any atom is 0.151 e. The standard InChI is InChI=1S/C12H12Br2N2OS/c1-3-9(14)12-16-15-11(18-12)8-6-7(13)4-5-10(8)17-2/h4-6,9H,3H2,1-2H3. The van der Waals surface area contributed by atoms with Crippen LogP contribution < -0.4 is 4.74 Å². The summed E-state index contributed by atoms with van der Waals surface area (Å²) in [5.74, 6) is 0.809. The minimum absolute atomic E-state index is 0.266. The fourth-order valence-electron chi connectivity index (χ4n) is 1.49. The van der Waals surface area contributed by atoms with Gasteiger partial charge in [-0.3, -0.25) is 0 Å². The number of methoxy groups -OCH3 is 1. The first-order valence-corrected chi connectivity index (χ1v) is 7.99. The molecule has 6 heteroatoms. The van der Waals surface area contributed by atoms with E-state index in [1.807, 2.05) is 18.2 Å². The van der Waals surface area contributed by atoms with Gasteiger partial charge in [0.1, 0.15) is 10.8 Å². The molecule has 2 aromatic rings. The van der Waals surface area contributed by atoms with E-state index in [9.17, 15) is 0 Å². The van der Waals surface area contributed by atoms with Gasteiger partial charge >= 0.3 is 0 Å². The Kier molecular flexibility index (Phi) is 4.75. The van der Waals surface area contributed by atoms with Gasteiger partial charge in [-0.1, -0.05) is 50.1 Å². The number of alkyl halides is 1. The zero-order chi connectivity index (χ0) is 13.1. The maximum atomic E-state index is 5.36. The molecule has 18 heavy (non-hydrogen) atoms. The van der Waals surface area contributed by atoms with Crippen molar-refractivity contribution in [3.63, 3.8) is 0 Å². The van der Waals surface area contributed by atoms with Gasteiger partial charge in [0.05, 0.1) is 17.5 Å². The Hall–Kier alpha value is -0.460. The van der Waals surface area contributed by atoms with Crippen LogP contribution in [0, 0.1) is 0 Å². The summed E-state index contributed by atoms with van der Waals surface area (Å²) in [6, 6.07) is 5.87. The summed E-state index contributed by atoms with van der Waals surface area (Å²) < 4.78 is 6.36. The normalized spacial score (nSPS) is 12.4. The van der Waals surface area contributed by atoms with E-state index >= 15 is 0 Å². The van der Waals surface area contributed by atoms with E-state index in [1.54, 1.807) is 18.4 Å². The van der Waals surface area contributed by atoms with Gasteiger partial charge in [-0.25, -0.2) is 0 Å². The highest BCUT2D eigenvalue weighted by Crippen LogP contribution is 2.37. The Balaban J connectivity index is 2.42. The summed E-state index contributed by atoms with van der Waals surface area (Å²) in [7, 11) is 1.66. The fraction of sp³-hybridized carbons (Fsp3) is 0.333. The lowest BCUT2D eigenvalue weighted by atomic mass is 10.2. The zero-order valence-corrected chi connectivity index (χ0v) is 14.0. The summed E-state index contributed by atoms with van der Waals surface area (Å²) in [5.41, 5.74) is 0.964. The molecule has 3 nitrogen and oxygen atoms in total. The highest BCUT2D eigenvalue weighted by Gasteiger charge is 2.15. The van der Waals surface area contributed by atoms with Gasteiger partial charge in [-0.05, 0) is 24.6 Å². The Labute approximate surface area is 127 Å². The van der Waals surface area contributed by atoms with Crippen LogP contribution in [0.15, 0.2) is 22.7 Å². The number of hydrogen-bond donors (Lipinski definition) is 0. The van der Waals surface area contributed by atoms with Crippen LogP contribution in [0.5, 0.6) is 5.75 Å². The van der Waals surface area contributed by atoms with Crippen LogP contribution in [0.4, 0.5) is 0 Å². The largest absolute Gasteiger partial charge is 0.496 e. The Bertz CT molecular complexity index is 545. The van der Waals surface area contributed by atoms with Crippen LogP contribution in [0.1, 0.15) is 23.2 Å².